The Balaban J connectivity index is 2.21. The number of hydrogen-bond donors (Lipinski definition) is 2. The number of halogens is 1. The van der Waals surface area contributed by atoms with Crippen LogP contribution in [-0.4, -0.2) is 45.0 Å². The number of amides is 2. The van der Waals surface area contributed by atoms with E-state index in [0.29, 0.717) is 23.1 Å². The molecule has 0 bridgehead atoms. The lowest BCUT2D eigenvalue weighted by molar-refractivity contribution is -0.125. The third-order valence-electron chi connectivity index (χ3n) is 5.16. The van der Waals surface area contributed by atoms with Crippen molar-refractivity contribution in [1.29, 1.82) is 0 Å². The molecule has 0 heterocycles. The summed E-state index contributed by atoms with van der Waals surface area (Å²) in [5.74, 6) is 0.578. The van der Waals surface area contributed by atoms with E-state index in [4.69, 9.17) is 30.5 Å². The van der Waals surface area contributed by atoms with Crippen LogP contribution in [0.15, 0.2) is 42.5 Å². The normalized spacial score (nSPS) is 12.7. The molecule has 9 heteroatoms. The van der Waals surface area contributed by atoms with E-state index < -0.39 is 18.2 Å². The Morgan fingerprint density at radius 2 is 1.57 bits per heavy atom. The van der Waals surface area contributed by atoms with Crippen LogP contribution in [0.2, 0.25) is 5.02 Å². The maximum atomic E-state index is 13.2. The lowest BCUT2D eigenvalue weighted by Gasteiger charge is -2.26. The summed E-state index contributed by atoms with van der Waals surface area (Å²) in [5, 5.41) is 6.31. The van der Waals surface area contributed by atoms with Gasteiger partial charge >= 0.3 is 6.09 Å². The monoisotopic (exact) mass is 506 g/mol. The van der Waals surface area contributed by atoms with Crippen LogP contribution in [0.25, 0.3) is 0 Å². The van der Waals surface area contributed by atoms with Crippen LogP contribution in [0, 0.1) is 5.92 Å². The summed E-state index contributed by atoms with van der Waals surface area (Å²) in [4.78, 5) is 25.4. The first-order valence-corrected chi connectivity index (χ1v) is 11.8. The third-order valence-corrected chi connectivity index (χ3v) is 5.41. The van der Waals surface area contributed by atoms with Gasteiger partial charge in [-0.2, -0.15) is 0 Å². The summed E-state index contributed by atoms with van der Waals surface area (Å²) in [6.45, 7) is 7.71. The maximum absolute atomic E-state index is 13.2. The highest BCUT2D eigenvalue weighted by Crippen LogP contribution is 2.30. The van der Waals surface area contributed by atoms with Crippen molar-refractivity contribution in [3.63, 3.8) is 0 Å². The van der Waals surface area contributed by atoms with Crippen LogP contribution < -0.4 is 20.1 Å². The van der Waals surface area contributed by atoms with Crippen molar-refractivity contribution in [3.8, 4) is 11.5 Å². The Morgan fingerprint density at radius 3 is 2.14 bits per heavy atom. The fourth-order valence-electron chi connectivity index (χ4n) is 3.34. The van der Waals surface area contributed by atoms with E-state index >= 15 is 0 Å². The smallest absolute Gasteiger partial charge is 0.408 e. The van der Waals surface area contributed by atoms with Gasteiger partial charge in [0.15, 0.2) is 11.5 Å². The van der Waals surface area contributed by atoms with Crippen LogP contribution in [0.5, 0.6) is 11.5 Å². The number of ether oxygens (including phenoxy) is 4. The van der Waals surface area contributed by atoms with Crippen molar-refractivity contribution in [3.05, 3.63) is 58.6 Å². The summed E-state index contributed by atoms with van der Waals surface area (Å²) in [5.41, 5.74) is 1.71. The van der Waals surface area contributed by atoms with E-state index in [-0.39, 0.29) is 24.5 Å². The number of carbonyl (C=O) groups is 2. The number of hydrogen-bond acceptors (Lipinski definition) is 6. The van der Waals surface area contributed by atoms with Gasteiger partial charge in [-0.1, -0.05) is 43.6 Å². The molecule has 2 N–H and O–H groups in total. The van der Waals surface area contributed by atoms with Crippen molar-refractivity contribution < 1.29 is 28.5 Å². The standard InChI is InChI=1S/C26H35ClN2O6/c1-16(2)24(29-26(31)35-17(3)4)25(30)28-21(15-34-14-18-7-10-20(27)11-8-18)19-9-12-22(32-5)23(13-19)33-6/h7-13,16-17,21,24H,14-15H2,1-6H3,(H,28,30)(H,29,31). The van der Waals surface area contributed by atoms with Crippen LogP contribution in [0.1, 0.15) is 44.9 Å². The van der Waals surface area contributed by atoms with Crippen molar-refractivity contribution in [1.82, 2.24) is 10.6 Å². The van der Waals surface area contributed by atoms with E-state index in [1.165, 1.54) is 0 Å². The van der Waals surface area contributed by atoms with Crippen LogP contribution in [0.3, 0.4) is 0 Å². The summed E-state index contributed by atoms with van der Waals surface area (Å²) in [6.07, 6.45) is -0.942. The fourth-order valence-corrected chi connectivity index (χ4v) is 3.46. The minimum absolute atomic E-state index is 0.171. The van der Waals surface area contributed by atoms with Crippen LogP contribution in [0.4, 0.5) is 4.79 Å². The van der Waals surface area contributed by atoms with Gasteiger partial charge in [0.25, 0.3) is 0 Å². The number of benzene rings is 2. The highest BCUT2D eigenvalue weighted by atomic mass is 35.5. The second kappa shape index (κ2) is 13.8. The predicted octanol–water partition coefficient (Wildman–Crippen LogP) is 4.89. The second-order valence-electron chi connectivity index (χ2n) is 8.64. The zero-order valence-corrected chi connectivity index (χ0v) is 21.8. The second-order valence-corrected chi connectivity index (χ2v) is 9.07. The van der Waals surface area contributed by atoms with Gasteiger partial charge in [-0.05, 0) is 55.2 Å². The van der Waals surface area contributed by atoms with Gasteiger partial charge in [-0.25, -0.2) is 4.79 Å². The number of rotatable bonds is 12. The molecule has 2 rings (SSSR count). The topological polar surface area (TPSA) is 95.1 Å². The molecule has 2 aromatic carbocycles. The molecule has 0 aliphatic heterocycles. The lowest BCUT2D eigenvalue weighted by Crippen LogP contribution is -2.51. The molecule has 0 aromatic heterocycles. The largest absolute Gasteiger partial charge is 0.493 e. The third kappa shape index (κ3) is 8.96. The van der Waals surface area contributed by atoms with E-state index in [1.807, 2.05) is 32.0 Å². The van der Waals surface area contributed by atoms with Crippen LogP contribution >= 0.6 is 11.6 Å². The van der Waals surface area contributed by atoms with Crippen LogP contribution in [-0.2, 0) is 20.9 Å². The van der Waals surface area contributed by atoms with Crippen molar-refractivity contribution in [2.24, 2.45) is 5.92 Å². The number of carbonyl (C=O) groups excluding carboxylic acids is 2. The molecule has 0 saturated carbocycles. The average Bonchev–Trinajstić information content (AvgIpc) is 2.81. The summed E-state index contributed by atoms with van der Waals surface area (Å²) >= 11 is 5.96. The van der Waals surface area contributed by atoms with Crippen molar-refractivity contribution in [2.75, 3.05) is 20.8 Å². The average molecular weight is 507 g/mol. The van der Waals surface area contributed by atoms with E-state index in [2.05, 4.69) is 10.6 Å². The zero-order valence-electron chi connectivity index (χ0n) is 21.1. The predicted molar refractivity (Wildman–Crippen MR) is 135 cm³/mol. The molecular formula is C26H35ClN2O6. The molecule has 35 heavy (non-hydrogen) atoms. The van der Waals surface area contributed by atoms with Gasteiger partial charge < -0.3 is 29.6 Å². The molecule has 2 aromatic rings. The molecule has 0 saturated heterocycles. The highest BCUT2D eigenvalue weighted by molar-refractivity contribution is 6.30. The first-order chi connectivity index (χ1) is 16.6. The fraction of sp³-hybridized carbons (Fsp3) is 0.462. The Morgan fingerprint density at radius 1 is 0.914 bits per heavy atom. The Bertz CT molecular complexity index is 965. The Kier molecular flexibility index (Phi) is 11.1. The molecule has 0 fully saturated rings. The number of alkyl carbamates (subject to hydrolysis) is 1. The SMILES string of the molecule is COc1ccc(C(COCc2ccc(Cl)cc2)NC(=O)C(NC(=O)OC(C)C)C(C)C)cc1OC. The molecule has 0 radical (unpaired) electrons. The summed E-state index contributed by atoms with van der Waals surface area (Å²) < 4.78 is 21.9. The maximum Gasteiger partial charge on any atom is 0.408 e. The molecule has 192 valence electrons. The minimum Gasteiger partial charge on any atom is -0.493 e. The Hall–Kier alpha value is -2.97. The molecule has 2 atom stereocenters. The van der Waals surface area contributed by atoms with Gasteiger partial charge in [-0.15, -0.1) is 0 Å². The van der Waals surface area contributed by atoms with Crippen molar-refractivity contribution in [2.45, 2.75) is 52.5 Å². The van der Waals surface area contributed by atoms with Gasteiger partial charge in [0.05, 0.1) is 39.6 Å². The highest BCUT2D eigenvalue weighted by Gasteiger charge is 2.28. The summed E-state index contributed by atoms with van der Waals surface area (Å²) in [7, 11) is 3.10. The molecule has 0 aliphatic carbocycles. The zero-order chi connectivity index (χ0) is 26.0. The quantitative estimate of drug-likeness (QED) is 0.425. The summed E-state index contributed by atoms with van der Waals surface area (Å²) in [6, 6.07) is 11.4. The molecular weight excluding hydrogens is 472 g/mol. The number of methoxy groups -OCH3 is 2. The molecule has 2 amide bonds. The first-order valence-electron chi connectivity index (χ1n) is 11.5. The first kappa shape index (κ1) is 28.3. The number of nitrogens with one attached hydrogen (secondary N) is 2. The van der Waals surface area contributed by atoms with E-state index in [1.54, 1.807) is 52.3 Å². The molecule has 8 nitrogen and oxygen atoms in total. The van der Waals surface area contributed by atoms with Gasteiger partial charge in [0.1, 0.15) is 6.04 Å². The Labute approximate surface area is 212 Å². The van der Waals surface area contributed by atoms with Crippen molar-refractivity contribution >= 4 is 23.6 Å². The lowest BCUT2D eigenvalue weighted by atomic mass is 10.0. The minimum atomic E-state index is -0.792. The van der Waals surface area contributed by atoms with Gasteiger partial charge in [0, 0.05) is 5.02 Å². The molecule has 0 spiro atoms. The van der Waals surface area contributed by atoms with E-state index in [0.717, 1.165) is 11.1 Å². The van der Waals surface area contributed by atoms with Gasteiger partial charge in [0.2, 0.25) is 5.91 Å². The van der Waals surface area contributed by atoms with E-state index in [9.17, 15) is 9.59 Å². The van der Waals surface area contributed by atoms with Gasteiger partial charge in [-0.3, -0.25) is 4.79 Å². The molecule has 0 aliphatic rings. The molecule has 2 unspecified atom stereocenters.